The number of benzene rings is 1. The van der Waals surface area contributed by atoms with Crippen molar-refractivity contribution in [2.75, 3.05) is 12.4 Å². The molecule has 0 aliphatic rings. The predicted molar refractivity (Wildman–Crippen MR) is 84.8 cm³/mol. The third-order valence-electron chi connectivity index (χ3n) is 3.04. The third-order valence-corrected chi connectivity index (χ3v) is 3.78. The van der Waals surface area contributed by atoms with Gasteiger partial charge in [0.15, 0.2) is 0 Å². The molecule has 2 aromatic rings. The lowest BCUT2D eigenvalue weighted by molar-refractivity contribution is -0.121. The molecule has 2 N–H and O–H groups in total. The lowest BCUT2D eigenvalue weighted by Crippen LogP contribution is -2.23. The largest absolute Gasteiger partial charge is 0.376 e. The average molecular weight is 327 g/mol. The Hall–Kier alpha value is -1.72. The van der Waals surface area contributed by atoms with Gasteiger partial charge in [-0.2, -0.15) is 5.10 Å². The van der Waals surface area contributed by atoms with Crippen molar-refractivity contribution in [2.45, 2.75) is 19.5 Å². The van der Waals surface area contributed by atoms with E-state index in [1.165, 1.54) is 0 Å². The summed E-state index contributed by atoms with van der Waals surface area (Å²) in [6, 6.07) is 5.56. The summed E-state index contributed by atoms with van der Waals surface area (Å²) in [6.07, 6.45) is 3.46. The highest BCUT2D eigenvalue weighted by atomic mass is 35.5. The predicted octanol–water partition coefficient (Wildman–Crippen LogP) is 3.11. The van der Waals surface area contributed by atoms with Gasteiger partial charge in [0.1, 0.15) is 6.54 Å². The maximum Gasteiger partial charge on any atom is 0.241 e. The van der Waals surface area contributed by atoms with Crippen LogP contribution >= 0.6 is 23.2 Å². The number of nitrogens with one attached hydrogen (secondary N) is 2. The number of carbonyl (C=O) groups excluding carboxylic acids is 1. The van der Waals surface area contributed by atoms with Crippen molar-refractivity contribution in [1.82, 2.24) is 15.1 Å². The zero-order chi connectivity index (χ0) is 15.4. The van der Waals surface area contributed by atoms with Crippen LogP contribution in [0.25, 0.3) is 0 Å². The molecule has 0 fully saturated rings. The Morgan fingerprint density at radius 3 is 2.81 bits per heavy atom. The summed E-state index contributed by atoms with van der Waals surface area (Å²) >= 11 is 11.9. The number of halogens is 2. The highest BCUT2D eigenvalue weighted by molar-refractivity contribution is 6.42. The van der Waals surface area contributed by atoms with Crippen molar-refractivity contribution in [3.63, 3.8) is 0 Å². The van der Waals surface area contributed by atoms with Gasteiger partial charge in [0.05, 0.1) is 21.9 Å². The Morgan fingerprint density at radius 2 is 2.14 bits per heavy atom. The van der Waals surface area contributed by atoms with Gasteiger partial charge in [-0.15, -0.1) is 0 Å². The average Bonchev–Trinajstić information content (AvgIpc) is 2.88. The van der Waals surface area contributed by atoms with Crippen LogP contribution in [-0.2, 0) is 11.3 Å². The number of hydrogen-bond acceptors (Lipinski definition) is 3. The molecule has 1 unspecified atom stereocenters. The molecular formula is C14H16Cl2N4O. The van der Waals surface area contributed by atoms with E-state index in [0.717, 1.165) is 11.3 Å². The van der Waals surface area contributed by atoms with Gasteiger partial charge in [-0.3, -0.25) is 9.48 Å². The first-order valence-electron chi connectivity index (χ1n) is 6.44. The molecule has 1 heterocycles. The first-order chi connectivity index (χ1) is 9.99. The number of nitrogens with zero attached hydrogens (tertiary/aromatic N) is 2. The van der Waals surface area contributed by atoms with Crippen LogP contribution in [0.4, 0.5) is 5.69 Å². The van der Waals surface area contributed by atoms with E-state index in [1.54, 1.807) is 30.2 Å². The summed E-state index contributed by atoms with van der Waals surface area (Å²) in [4.78, 5) is 11.3. The van der Waals surface area contributed by atoms with Gasteiger partial charge in [0.2, 0.25) is 5.91 Å². The number of hydrogen-bond donors (Lipinski definition) is 2. The number of anilines is 1. The van der Waals surface area contributed by atoms with Crippen molar-refractivity contribution < 1.29 is 4.79 Å². The third kappa shape index (κ3) is 4.12. The molecule has 0 spiro atoms. The molecule has 0 radical (unpaired) electrons. The Morgan fingerprint density at radius 1 is 1.38 bits per heavy atom. The van der Waals surface area contributed by atoms with Crippen LogP contribution in [0.3, 0.4) is 0 Å². The summed E-state index contributed by atoms with van der Waals surface area (Å²) in [5.41, 5.74) is 1.85. The van der Waals surface area contributed by atoms with Crippen LogP contribution in [-0.4, -0.2) is 22.7 Å². The number of aromatic nitrogens is 2. The maximum atomic E-state index is 11.3. The van der Waals surface area contributed by atoms with E-state index in [1.807, 2.05) is 19.1 Å². The molecule has 7 heteroatoms. The van der Waals surface area contributed by atoms with E-state index in [4.69, 9.17) is 23.2 Å². The van der Waals surface area contributed by atoms with Crippen molar-refractivity contribution in [2.24, 2.45) is 0 Å². The Labute approximate surface area is 133 Å². The van der Waals surface area contributed by atoms with Crippen molar-refractivity contribution in [1.29, 1.82) is 0 Å². The number of rotatable bonds is 5. The van der Waals surface area contributed by atoms with Gasteiger partial charge in [-0.05, 0) is 24.6 Å². The van der Waals surface area contributed by atoms with Crippen LogP contribution in [0.2, 0.25) is 10.0 Å². The first-order valence-corrected chi connectivity index (χ1v) is 7.19. The normalized spacial score (nSPS) is 12.0. The Balaban J connectivity index is 2.03. The molecule has 21 heavy (non-hydrogen) atoms. The highest BCUT2D eigenvalue weighted by Gasteiger charge is 2.09. The van der Waals surface area contributed by atoms with E-state index < -0.39 is 0 Å². The fourth-order valence-electron chi connectivity index (χ4n) is 1.87. The van der Waals surface area contributed by atoms with E-state index >= 15 is 0 Å². The van der Waals surface area contributed by atoms with Crippen LogP contribution in [0.5, 0.6) is 0 Å². The van der Waals surface area contributed by atoms with Crippen LogP contribution in [0.15, 0.2) is 30.6 Å². The summed E-state index contributed by atoms with van der Waals surface area (Å²) in [6.45, 7) is 2.20. The second-order valence-electron chi connectivity index (χ2n) is 4.64. The van der Waals surface area contributed by atoms with Crippen molar-refractivity contribution in [3.05, 3.63) is 46.2 Å². The molecule has 0 bridgehead atoms. The fourth-order valence-corrected chi connectivity index (χ4v) is 2.17. The fraction of sp³-hybridized carbons (Fsp3) is 0.286. The van der Waals surface area contributed by atoms with Crippen molar-refractivity contribution >= 4 is 34.8 Å². The molecule has 1 amide bonds. The molecule has 0 aliphatic heterocycles. The van der Waals surface area contributed by atoms with Gasteiger partial charge in [-0.1, -0.05) is 29.3 Å². The number of likely N-dealkylation sites (N-methyl/N-ethyl adjacent to an activating group) is 1. The van der Waals surface area contributed by atoms with E-state index in [0.29, 0.717) is 10.0 Å². The minimum atomic E-state index is -0.0952. The lowest BCUT2D eigenvalue weighted by atomic mass is 10.1. The molecule has 0 aliphatic carbocycles. The van der Waals surface area contributed by atoms with E-state index in [9.17, 15) is 4.79 Å². The molecule has 1 atom stereocenters. The second kappa shape index (κ2) is 6.83. The first kappa shape index (κ1) is 15.7. The SMILES string of the molecule is CNC(=O)Cn1cc(NC(C)c2ccc(Cl)c(Cl)c2)cn1. The van der Waals surface area contributed by atoms with Gasteiger partial charge in [0.25, 0.3) is 0 Å². The Kier molecular flexibility index (Phi) is 5.09. The standard InChI is InChI=1S/C14H16Cl2N4O/c1-9(10-3-4-12(15)13(16)5-10)19-11-6-18-20(7-11)8-14(21)17-2/h3-7,9,19H,8H2,1-2H3,(H,17,21). The topological polar surface area (TPSA) is 59.0 Å². The molecule has 0 saturated heterocycles. The maximum absolute atomic E-state index is 11.3. The quantitative estimate of drug-likeness (QED) is 0.887. The molecule has 112 valence electrons. The van der Waals surface area contributed by atoms with Crippen LogP contribution in [0.1, 0.15) is 18.5 Å². The minimum absolute atomic E-state index is 0.0393. The van der Waals surface area contributed by atoms with Crippen LogP contribution < -0.4 is 10.6 Å². The van der Waals surface area contributed by atoms with E-state index in [2.05, 4.69) is 15.7 Å². The molecular weight excluding hydrogens is 311 g/mol. The van der Waals surface area contributed by atoms with Crippen LogP contribution in [0, 0.1) is 0 Å². The van der Waals surface area contributed by atoms with Gasteiger partial charge in [-0.25, -0.2) is 0 Å². The summed E-state index contributed by atoms with van der Waals surface area (Å²) < 4.78 is 1.57. The van der Waals surface area contributed by atoms with Gasteiger partial charge in [0, 0.05) is 19.3 Å². The number of carbonyl (C=O) groups is 1. The van der Waals surface area contributed by atoms with Gasteiger partial charge >= 0.3 is 0 Å². The summed E-state index contributed by atoms with van der Waals surface area (Å²) in [5.74, 6) is -0.0952. The number of amides is 1. The summed E-state index contributed by atoms with van der Waals surface area (Å²) in [7, 11) is 1.59. The lowest BCUT2D eigenvalue weighted by Gasteiger charge is -2.14. The minimum Gasteiger partial charge on any atom is -0.376 e. The Bertz CT molecular complexity index is 642. The molecule has 1 aromatic carbocycles. The van der Waals surface area contributed by atoms with Gasteiger partial charge < -0.3 is 10.6 Å². The second-order valence-corrected chi connectivity index (χ2v) is 5.45. The van der Waals surface area contributed by atoms with Crippen molar-refractivity contribution in [3.8, 4) is 0 Å². The molecule has 1 aromatic heterocycles. The zero-order valence-electron chi connectivity index (χ0n) is 11.7. The highest BCUT2D eigenvalue weighted by Crippen LogP contribution is 2.27. The molecule has 5 nitrogen and oxygen atoms in total. The monoisotopic (exact) mass is 326 g/mol. The zero-order valence-corrected chi connectivity index (χ0v) is 13.2. The smallest absolute Gasteiger partial charge is 0.241 e. The van der Waals surface area contributed by atoms with E-state index in [-0.39, 0.29) is 18.5 Å². The summed E-state index contributed by atoms with van der Waals surface area (Å²) in [5, 5.41) is 11.0. The molecule has 2 rings (SSSR count). The molecule has 0 saturated carbocycles.